The van der Waals surface area contributed by atoms with Gasteiger partial charge in [-0.15, -0.1) is 0 Å². The molecule has 2 aromatic heterocycles. The molecule has 0 aliphatic rings. The first-order valence-electron chi connectivity index (χ1n) is 6.23. The van der Waals surface area contributed by atoms with Gasteiger partial charge in [0.05, 0.1) is 11.2 Å². The molecule has 19 heavy (non-hydrogen) atoms. The molecular formula is C16H15N3. The predicted octanol–water partition coefficient (Wildman–Crippen LogP) is 3.50. The second-order valence-electron chi connectivity index (χ2n) is 4.80. The maximum atomic E-state index is 5.85. The number of benzene rings is 1. The average Bonchev–Trinajstić information content (AvgIpc) is 2.42. The molecule has 0 spiro atoms. The summed E-state index contributed by atoms with van der Waals surface area (Å²) in [5, 5.41) is 1.07. The Labute approximate surface area is 112 Å². The fourth-order valence-electron chi connectivity index (χ4n) is 2.18. The third-order valence-corrected chi connectivity index (χ3v) is 3.35. The van der Waals surface area contributed by atoms with Crippen molar-refractivity contribution in [2.45, 2.75) is 13.8 Å². The van der Waals surface area contributed by atoms with E-state index in [4.69, 9.17) is 10.7 Å². The first kappa shape index (κ1) is 11.7. The molecule has 0 saturated carbocycles. The van der Waals surface area contributed by atoms with Crippen molar-refractivity contribution < 1.29 is 0 Å². The third-order valence-electron chi connectivity index (χ3n) is 3.35. The number of rotatable bonds is 1. The Kier molecular flexibility index (Phi) is 2.67. The van der Waals surface area contributed by atoms with Gasteiger partial charge >= 0.3 is 0 Å². The van der Waals surface area contributed by atoms with Crippen molar-refractivity contribution in [3.05, 3.63) is 53.9 Å². The number of nitrogens with zero attached hydrogens (tertiary/aromatic N) is 2. The van der Waals surface area contributed by atoms with Gasteiger partial charge in [0, 0.05) is 29.0 Å². The molecular weight excluding hydrogens is 234 g/mol. The fourth-order valence-corrected chi connectivity index (χ4v) is 2.18. The van der Waals surface area contributed by atoms with Crippen LogP contribution in [0.1, 0.15) is 11.1 Å². The van der Waals surface area contributed by atoms with Crippen LogP contribution in [-0.4, -0.2) is 9.97 Å². The van der Waals surface area contributed by atoms with Crippen molar-refractivity contribution >= 4 is 16.6 Å². The maximum absolute atomic E-state index is 5.85. The van der Waals surface area contributed by atoms with E-state index in [1.165, 1.54) is 0 Å². The van der Waals surface area contributed by atoms with Gasteiger partial charge in [-0.25, -0.2) is 4.98 Å². The molecule has 0 atom stereocenters. The van der Waals surface area contributed by atoms with Crippen LogP contribution in [0.25, 0.3) is 22.2 Å². The molecule has 3 nitrogen and oxygen atoms in total. The summed E-state index contributed by atoms with van der Waals surface area (Å²) in [5.41, 5.74) is 11.9. The Bertz CT molecular complexity index is 763. The average molecular weight is 249 g/mol. The molecule has 94 valence electrons. The highest BCUT2D eigenvalue weighted by atomic mass is 14.7. The highest BCUT2D eigenvalue weighted by Crippen LogP contribution is 2.24. The largest absolute Gasteiger partial charge is 0.399 e. The number of aromatic nitrogens is 2. The monoisotopic (exact) mass is 249 g/mol. The van der Waals surface area contributed by atoms with E-state index in [1.54, 1.807) is 0 Å². The second kappa shape index (κ2) is 4.35. The van der Waals surface area contributed by atoms with Crippen LogP contribution in [0.3, 0.4) is 0 Å². The van der Waals surface area contributed by atoms with Gasteiger partial charge in [-0.1, -0.05) is 6.07 Å². The molecule has 0 saturated heterocycles. The van der Waals surface area contributed by atoms with Gasteiger partial charge in [0.25, 0.3) is 0 Å². The molecule has 0 fully saturated rings. The van der Waals surface area contributed by atoms with Crippen LogP contribution in [0.5, 0.6) is 0 Å². The second-order valence-corrected chi connectivity index (χ2v) is 4.80. The number of fused-ring (bicyclic) bond motifs is 1. The Morgan fingerprint density at radius 1 is 0.947 bits per heavy atom. The van der Waals surface area contributed by atoms with E-state index in [1.807, 2.05) is 44.4 Å². The number of hydrogen-bond acceptors (Lipinski definition) is 3. The molecule has 0 unspecified atom stereocenters. The topological polar surface area (TPSA) is 51.8 Å². The van der Waals surface area contributed by atoms with E-state index in [0.717, 1.165) is 39.0 Å². The summed E-state index contributed by atoms with van der Waals surface area (Å²) in [6.45, 7) is 4.04. The molecule has 1 aromatic carbocycles. The molecule has 3 heteroatoms. The summed E-state index contributed by atoms with van der Waals surface area (Å²) in [5.74, 6) is 0. The molecule has 3 aromatic rings. The van der Waals surface area contributed by atoms with Crippen molar-refractivity contribution in [2.75, 3.05) is 5.73 Å². The van der Waals surface area contributed by atoms with E-state index in [-0.39, 0.29) is 0 Å². The minimum atomic E-state index is 0.810. The maximum Gasteiger partial charge on any atom is 0.0769 e. The third kappa shape index (κ3) is 2.03. The SMILES string of the molecule is Cc1cc(-c2ccc3cncc(C)c3n2)ccc1N. The van der Waals surface area contributed by atoms with Crippen LogP contribution in [0, 0.1) is 13.8 Å². The summed E-state index contributed by atoms with van der Waals surface area (Å²) in [7, 11) is 0. The quantitative estimate of drug-likeness (QED) is 0.671. The van der Waals surface area contributed by atoms with E-state index in [9.17, 15) is 0 Å². The summed E-state index contributed by atoms with van der Waals surface area (Å²) in [6, 6.07) is 10.1. The van der Waals surface area contributed by atoms with Crippen LogP contribution in [0.4, 0.5) is 5.69 Å². The number of anilines is 1. The first-order valence-corrected chi connectivity index (χ1v) is 6.23. The minimum absolute atomic E-state index is 0.810. The molecule has 0 radical (unpaired) electrons. The smallest absolute Gasteiger partial charge is 0.0769 e. The molecule has 2 N–H and O–H groups in total. The zero-order valence-corrected chi connectivity index (χ0v) is 11.0. The van der Waals surface area contributed by atoms with Gasteiger partial charge in [-0.05, 0) is 49.2 Å². The van der Waals surface area contributed by atoms with E-state index in [2.05, 4.69) is 17.1 Å². The van der Waals surface area contributed by atoms with Crippen LogP contribution in [0.15, 0.2) is 42.7 Å². The van der Waals surface area contributed by atoms with Crippen molar-refractivity contribution in [3.8, 4) is 11.3 Å². The predicted molar refractivity (Wildman–Crippen MR) is 78.9 cm³/mol. The van der Waals surface area contributed by atoms with Crippen LogP contribution >= 0.6 is 0 Å². The van der Waals surface area contributed by atoms with E-state index >= 15 is 0 Å². The van der Waals surface area contributed by atoms with Crippen molar-refractivity contribution in [1.29, 1.82) is 0 Å². The minimum Gasteiger partial charge on any atom is -0.399 e. The number of nitrogen functional groups attached to an aromatic ring is 1. The highest BCUT2D eigenvalue weighted by Gasteiger charge is 2.05. The van der Waals surface area contributed by atoms with Gasteiger partial charge < -0.3 is 5.73 Å². The summed E-state index contributed by atoms with van der Waals surface area (Å²) in [6.07, 6.45) is 3.68. The lowest BCUT2D eigenvalue weighted by Crippen LogP contribution is -1.92. The lowest BCUT2D eigenvalue weighted by atomic mass is 10.1. The summed E-state index contributed by atoms with van der Waals surface area (Å²) >= 11 is 0. The summed E-state index contributed by atoms with van der Waals surface area (Å²) in [4.78, 5) is 8.92. The fraction of sp³-hybridized carbons (Fsp3) is 0.125. The Morgan fingerprint density at radius 2 is 1.79 bits per heavy atom. The molecule has 0 aliphatic heterocycles. The van der Waals surface area contributed by atoms with Gasteiger partial charge in [0.15, 0.2) is 0 Å². The van der Waals surface area contributed by atoms with Crippen molar-refractivity contribution in [1.82, 2.24) is 9.97 Å². The highest BCUT2D eigenvalue weighted by molar-refractivity contribution is 5.83. The summed E-state index contributed by atoms with van der Waals surface area (Å²) < 4.78 is 0. The zero-order chi connectivity index (χ0) is 13.4. The number of pyridine rings is 2. The standard InChI is InChI=1S/C16H15N3/c1-10-7-12(3-5-14(10)17)15-6-4-13-9-18-8-11(2)16(13)19-15/h3-9H,17H2,1-2H3. The van der Waals surface area contributed by atoms with E-state index < -0.39 is 0 Å². The first-order chi connectivity index (χ1) is 9.15. The Balaban J connectivity index is 2.20. The Hall–Kier alpha value is -2.42. The zero-order valence-electron chi connectivity index (χ0n) is 11.0. The van der Waals surface area contributed by atoms with Gasteiger partial charge in [-0.3, -0.25) is 4.98 Å². The van der Waals surface area contributed by atoms with Crippen molar-refractivity contribution in [3.63, 3.8) is 0 Å². The molecule has 0 bridgehead atoms. The van der Waals surface area contributed by atoms with Crippen LogP contribution < -0.4 is 5.73 Å². The number of aryl methyl sites for hydroxylation is 2. The molecule has 0 amide bonds. The van der Waals surface area contributed by atoms with Gasteiger partial charge in [-0.2, -0.15) is 0 Å². The van der Waals surface area contributed by atoms with Crippen LogP contribution in [0.2, 0.25) is 0 Å². The van der Waals surface area contributed by atoms with Crippen LogP contribution in [-0.2, 0) is 0 Å². The van der Waals surface area contributed by atoms with Gasteiger partial charge in [0.1, 0.15) is 0 Å². The lowest BCUT2D eigenvalue weighted by molar-refractivity contribution is 1.27. The Morgan fingerprint density at radius 3 is 2.58 bits per heavy atom. The molecule has 2 heterocycles. The number of hydrogen-bond donors (Lipinski definition) is 1. The molecule has 0 aliphatic carbocycles. The van der Waals surface area contributed by atoms with Crippen molar-refractivity contribution in [2.24, 2.45) is 0 Å². The molecule has 3 rings (SSSR count). The normalized spacial score (nSPS) is 10.8. The number of nitrogens with two attached hydrogens (primary N) is 1. The lowest BCUT2D eigenvalue weighted by Gasteiger charge is -2.07. The van der Waals surface area contributed by atoms with E-state index in [0.29, 0.717) is 0 Å². The van der Waals surface area contributed by atoms with Gasteiger partial charge in [0.2, 0.25) is 0 Å².